The molecule has 2 aromatic carbocycles. The van der Waals surface area contributed by atoms with Crippen molar-refractivity contribution < 1.29 is 27.8 Å². The summed E-state index contributed by atoms with van der Waals surface area (Å²) in [6.07, 6.45) is -5.27. The number of nitrogens with one attached hydrogen (secondary N) is 1. The van der Waals surface area contributed by atoms with E-state index < -0.39 is 29.4 Å². The van der Waals surface area contributed by atoms with Crippen LogP contribution in [0.4, 0.5) is 13.2 Å². The molecule has 1 heterocycles. The summed E-state index contributed by atoms with van der Waals surface area (Å²) in [6, 6.07) is 11.4. The number of hydrogen-bond acceptors (Lipinski definition) is 3. The van der Waals surface area contributed by atoms with Gasteiger partial charge in [0.05, 0.1) is 17.0 Å². The lowest BCUT2D eigenvalue weighted by atomic mass is 9.99. The van der Waals surface area contributed by atoms with E-state index in [-0.39, 0.29) is 0 Å². The lowest BCUT2D eigenvalue weighted by molar-refractivity contribution is -0.166. The van der Waals surface area contributed by atoms with Gasteiger partial charge in [0.2, 0.25) is 0 Å². The zero-order valence-corrected chi connectivity index (χ0v) is 17.7. The first-order valence-corrected chi connectivity index (χ1v) is 9.67. The molecule has 0 saturated heterocycles. The molecule has 1 unspecified atom stereocenters. The number of rotatable bonds is 6. The Balaban J connectivity index is 2.03. The molecule has 5 nitrogen and oxygen atoms in total. The Morgan fingerprint density at radius 1 is 1.10 bits per heavy atom. The number of hydrogen-bond donors (Lipinski definition) is 2. The van der Waals surface area contributed by atoms with Crippen molar-refractivity contribution in [1.29, 1.82) is 0 Å². The van der Waals surface area contributed by atoms with Gasteiger partial charge in [-0.3, -0.25) is 5.10 Å². The molecule has 3 aromatic rings. The predicted molar refractivity (Wildman–Crippen MR) is 110 cm³/mol. The highest BCUT2D eigenvalue weighted by Gasteiger charge is 2.35. The van der Waals surface area contributed by atoms with Crippen LogP contribution in [0.1, 0.15) is 42.3 Å². The first-order valence-electron chi connectivity index (χ1n) is 9.29. The fraction of sp³-hybridized carbons (Fsp3) is 0.273. The third-order valence-corrected chi connectivity index (χ3v) is 5.15. The maximum Gasteiger partial charge on any atom is 0.416 e. The zero-order valence-electron chi connectivity index (χ0n) is 16.9. The van der Waals surface area contributed by atoms with Crippen LogP contribution < -0.4 is 0 Å². The summed E-state index contributed by atoms with van der Waals surface area (Å²) in [4.78, 5) is 11.6. The van der Waals surface area contributed by atoms with Crippen LogP contribution in [0.15, 0.2) is 48.5 Å². The van der Waals surface area contributed by atoms with Gasteiger partial charge in [0.1, 0.15) is 6.10 Å². The average molecular weight is 453 g/mol. The largest absolute Gasteiger partial charge is 0.479 e. The highest BCUT2D eigenvalue weighted by Crippen LogP contribution is 2.36. The number of benzene rings is 2. The summed E-state index contributed by atoms with van der Waals surface area (Å²) >= 11 is 5.97. The number of carboxylic acid groups (broad SMARTS) is 1. The second-order valence-electron chi connectivity index (χ2n) is 7.55. The fourth-order valence-corrected chi connectivity index (χ4v) is 3.16. The minimum absolute atomic E-state index is 0.423. The van der Waals surface area contributed by atoms with Crippen LogP contribution in [-0.2, 0) is 15.7 Å². The van der Waals surface area contributed by atoms with Crippen LogP contribution in [0.5, 0.6) is 0 Å². The van der Waals surface area contributed by atoms with Gasteiger partial charge in [0, 0.05) is 10.6 Å². The number of carbonyl (C=O) groups is 1. The van der Waals surface area contributed by atoms with Crippen molar-refractivity contribution in [2.24, 2.45) is 0 Å². The molecule has 2 N–H and O–H groups in total. The quantitative estimate of drug-likeness (QED) is 0.479. The normalized spacial score (nSPS) is 13.3. The maximum atomic E-state index is 12.9. The highest BCUT2D eigenvalue weighted by molar-refractivity contribution is 6.30. The van der Waals surface area contributed by atoms with Crippen molar-refractivity contribution in [1.82, 2.24) is 10.2 Å². The molecule has 0 saturated carbocycles. The van der Waals surface area contributed by atoms with Crippen LogP contribution >= 0.6 is 11.6 Å². The minimum Gasteiger partial charge on any atom is -0.479 e. The third-order valence-electron chi connectivity index (χ3n) is 4.90. The molecular formula is C22H20ClF3N2O3. The number of aliphatic carboxylic acids is 1. The molecule has 3 rings (SSSR count). The van der Waals surface area contributed by atoms with Gasteiger partial charge >= 0.3 is 12.1 Å². The fourth-order valence-electron chi connectivity index (χ4n) is 3.04. The van der Waals surface area contributed by atoms with E-state index in [2.05, 4.69) is 10.2 Å². The van der Waals surface area contributed by atoms with Gasteiger partial charge < -0.3 is 9.84 Å². The second-order valence-corrected chi connectivity index (χ2v) is 7.99. The van der Waals surface area contributed by atoms with E-state index in [1.54, 1.807) is 31.2 Å². The lowest BCUT2D eigenvalue weighted by Crippen LogP contribution is -2.36. The van der Waals surface area contributed by atoms with Gasteiger partial charge in [0.25, 0.3) is 0 Å². The van der Waals surface area contributed by atoms with Crippen LogP contribution in [0, 0.1) is 6.92 Å². The second kappa shape index (κ2) is 8.36. The molecule has 164 valence electrons. The van der Waals surface area contributed by atoms with Crippen molar-refractivity contribution in [2.45, 2.75) is 38.7 Å². The smallest absolute Gasteiger partial charge is 0.416 e. The van der Waals surface area contributed by atoms with E-state index in [9.17, 15) is 23.1 Å². The standard InChI is InChI=1S/C22H20ClF3N2O3/c1-12-17(13-4-8-15(9-5-13)22(24,25)26)27-28-18(12)19(31-21(2,3)20(29)30)14-6-10-16(23)11-7-14/h4-11,19H,1-3H3,(H,27,28)(H,29,30). The topological polar surface area (TPSA) is 75.2 Å². The van der Waals surface area contributed by atoms with Gasteiger partial charge in [-0.15, -0.1) is 0 Å². The summed E-state index contributed by atoms with van der Waals surface area (Å²) in [5.74, 6) is -1.15. The van der Waals surface area contributed by atoms with Gasteiger partial charge in [0.15, 0.2) is 5.60 Å². The van der Waals surface area contributed by atoms with E-state index in [0.29, 0.717) is 33.1 Å². The third kappa shape index (κ3) is 4.91. The van der Waals surface area contributed by atoms with Crippen molar-refractivity contribution in [3.8, 4) is 11.3 Å². The number of nitrogens with zero attached hydrogens (tertiary/aromatic N) is 1. The maximum absolute atomic E-state index is 12.9. The van der Waals surface area contributed by atoms with Crippen LogP contribution in [0.25, 0.3) is 11.3 Å². The summed E-state index contributed by atoms with van der Waals surface area (Å²) < 4.78 is 44.5. The summed E-state index contributed by atoms with van der Waals surface area (Å²) in [7, 11) is 0. The van der Waals surface area contributed by atoms with E-state index in [1.807, 2.05) is 0 Å². The molecular weight excluding hydrogens is 433 g/mol. The molecule has 1 atom stereocenters. The monoisotopic (exact) mass is 452 g/mol. The van der Waals surface area contributed by atoms with Gasteiger partial charge in [-0.2, -0.15) is 18.3 Å². The number of aromatic nitrogens is 2. The average Bonchev–Trinajstić information content (AvgIpc) is 3.07. The molecule has 0 aliphatic rings. The van der Waals surface area contributed by atoms with Crippen molar-refractivity contribution in [3.05, 3.63) is 75.9 Å². The number of halogens is 4. The molecule has 0 fully saturated rings. The highest BCUT2D eigenvalue weighted by atomic mass is 35.5. The Hall–Kier alpha value is -2.84. The molecule has 0 bridgehead atoms. The molecule has 0 spiro atoms. The number of aromatic amines is 1. The van der Waals surface area contributed by atoms with E-state index in [0.717, 1.165) is 12.1 Å². The van der Waals surface area contributed by atoms with E-state index in [4.69, 9.17) is 16.3 Å². The first kappa shape index (κ1) is 22.8. The first-order chi connectivity index (χ1) is 14.4. The lowest BCUT2D eigenvalue weighted by Gasteiger charge is -2.27. The van der Waals surface area contributed by atoms with Crippen LogP contribution in [-0.4, -0.2) is 26.9 Å². The predicted octanol–water partition coefficient (Wildman–Crippen LogP) is 6.03. The summed E-state index contributed by atoms with van der Waals surface area (Å²) in [5.41, 5.74) is 0.430. The van der Waals surface area contributed by atoms with Gasteiger partial charge in [-0.1, -0.05) is 35.9 Å². The molecule has 0 aliphatic carbocycles. The molecule has 0 radical (unpaired) electrons. The molecule has 1 aromatic heterocycles. The number of ether oxygens (including phenoxy) is 1. The van der Waals surface area contributed by atoms with E-state index in [1.165, 1.54) is 26.0 Å². The Kier molecular flexibility index (Phi) is 6.16. The van der Waals surface area contributed by atoms with Crippen LogP contribution in [0.3, 0.4) is 0 Å². The Morgan fingerprint density at radius 3 is 2.19 bits per heavy atom. The van der Waals surface area contributed by atoms with Crippen LogP contribution in [0.2, 0.25) is 5.02 Å². The zero-order chi connectivity index (χ0) is 23.0. The van der Waals surface area contributed by atoms with Gasteiger partial charge in [-0.05, 0) is 56.2 Å². The SMILES string of the molecule is Cc1c(C(OC(C)(C)C(=O)O)c2ccc(Cl)cc2)n[nH]c1-c1ccc(C(F)(F)F)cc1. The van der Waals surface area contributed by atoms with Crippen molar-refractivity contribution >= 4 is 17.6 Å². The van der Waals surface area contributed by atoms with E-state index >= 15 is 0 Å². The number of carboxylic acids is 1. The Morgan fingerprint density at radius 2 is 1.68 bits per heavy atom. The Labute approximate surface area is 181 Å². The van der Waals surface area contributed by atoms with Crippen molar-refractivity contribution in [3.63, 3.8) is 0 Å². The number of H-pyrrole nitrogens is 1. The number of alkyl halides is 3. The molecule has 31 heavy (non-hydrogen) atoms. The molecule has 0 aliphatic heterocycles. The Bertz CT molecular complexity index is 1070. The molecule has 0 amide bonds. The summed E-state index contributed by atoms with van der Waals surface area (Å²) in [6.45, 7) is 4.60. The minimum atomic E-state index is -4.43. The molecule has 9 heteroatoms. The summed E-state index contributed by atoms with van der Waals surface area (Å²) in [5, 5.41) is 17.2. The van der Waals surface area contributed by atoms with Gasteiger partial charge in [-0.25, -0.2) is 4.79 Å². The van der Waals surface area contributed by atoms with Crippen molar-refractivity contribution in [2.75, 3.05) is 0 Å².